The molecule has 6 nitrogen and oxygen atoms in total. The molecule has 1 aromatic rings. The van der Waals surface area contributed by atoms with Crippen LogP contribution in [0, 0.1) is 5.41 Å². The molecule has 1 aromatic carbocycles. The second kappa shape index (κ2) is 7.79. The van der Waals surface area contributed by atoms with Crippen molar-refractivity contribution in [2.75, 3.05) is 18.4 Å². The number of rotatable bonds is 5. The zero-order valence-corrected chi connectivity index (χ0v) is 14.2. The Morgan fingerprint density at radius 3 is 2.52 bits per heavy atom. The van der Waals surface area contributed by atoms with Crippen molar-refractivity contribution in [1.82, 2.24) is 4.90 Å². The fourth-order valence-corrected chi connectivity index (χ4v) is 2.90. The zero-order chi connectivity index (χ0) is 18.4. The van der Waals surface area contributed by atoms with Gasteiger partial charge in [0.15, 0.2) is 0 Å². The van der Waals surface area contributed by atoms with Crippen molar-refractivity contribution in [2.45, 2.75) is 19.8 Å². The van der Waals surface area contributed by atoms with Crippen molar-refractivity contribution < 1.29 is 19.5 Å². The minimum absolute atomic E-state index is 0.0479. The van der Waals surface area contributed by atoms with Crippen LogP contribution in [-0.2, 0) is 14.4 Å². The number of carbonyl (C=O) groups excluding carboxylic acids is 2. The quantitative estimate of drug-likeness (QED) is 0.636. The fraction of sp³-hybridized carbons (Fsp3) is 0.316. The van der Waals surface area contributed by atoms with Crippen LogP contribution in [0.5, 0.6) is 0 Å². The number of nitrogens with zero attached hydrogens (tertiary/aromatic N) is 1. The first kappa shape index (κ1) is 18.4. The number of amides is 2. The minimum atomic E-state index is -1.02. The maximum absolute atomic E-state index is 12.8. The summed E-state index contributed by atoms with van der Waals surface area (Å²) < 4.78 is 0. The van der Waals surface area contributed by atoms with Crippen molar-refractivity contribution in [2.24, 2.45) is 5.41 Å². The first-order valence-corrected chi connectivity index (χ1v) is 8.08. The van der Waals surface area contributed by atoms with Crippen LogP contribution in [-0.4, -0.2) is 40.9 Å². The van der Waals surface area contributed by atoms with Crippen molar-refractivity contribution in [1.29, 1.82) is 0 Å². The highest BCUT2D eigenvalue weighted by molar-refractivity contribution is 5.97. The molecule has 0 aliphatic carbocycles. The van der Waals surface area contributed by atoms with Gasteiger partial charge in [-0.15, -0.1) is 6.58 Å². The summed E-state index contributed by atoms with van der Waals surface area (Å²) in [5.74, 6) is -1.26. The normalized spacial score (nSPS) is 20.3. The summed E-state index contributed by atoms with van der Waals surface area (Å²) in [7, 11) is 0. The Kier molecular flexibility index (Phi) is 5.75. The van der Waals surface area contributed by atoms with Gasteiger partial charge in [0, 0.05) is 31.8 Å². The van der Waals surface area contributed by atoms with Crippen LogP contribution < -0.4 is 5.32 Å². The topological polar surface area (TPSA) is 86.7 Å². The second-order valence-corrected chi connectivity index (χ2v) is 6.15. The number of piperidine rings is 1. The summed E-state index contributed by atoms with van der Waals surface area (Å²) in [6.45, 7) is 6.29. The van der Waals surface area contributed by atoms with Crippen molar-refractivity contribution >= 4 is 29.5 Å². The molecule has 0 bridgehead atoms. The predicted octanol–water partition coefficient (Wildman–Crippen LogP) is 2.54. The van der Waals surface area contributed by atoms with Crippen LogP contribution in [0.3, 0.4) is 0 Å². The Morgan fingerprint density at radius 2 is 1.96 bits per heavy atom. The predicted molar refractivity (Wildman–Crippen MR) is 95.9 cm³/mol. The summed E-state index contributed by atoms with van der Waals surface area (Å²) in [6, 6.07) is 6.86. The second-order valence-electron chi connectivity index (χ2n) is 6.15. The van der Waals surface area contributed by atoms with E-state index in [0.29, 0.717) is 25.2 Å². The van der Waals surface area contributed by atoms with E-state index in [1.54, 1.807) is 35.2 Å². The maximum Gasteiger partial charge on any atom is 0.328 e. The fourth-order valence-electron chi connectivity index (χ4n) is 2.90. The lowest BCUT2D eigenvalue weighted by Crippen LogP contribution is -2.50. The SMILES string of the molecule is C=CC1(C(=O)Nc2ccc(/C=C/C(=O)O)cc2)CCCN(C(C)=O)C1. The van der Waals surface area contributed by atoms with Gasteiger partial charge in [-0.05, 0) is 36.6 Å². The number of carboxylic acids is 1. The van der Waals surface area contributed by atoms with Crippen LogP contribution in [0.15, 0.2) is 43.0 Å². The lowest BCUT2D eigenvalue weighted by atomic mass is 9.79. The number of hydrogen-bond acceptors (Lipinski definition) is 3. The Hall–Kier alpha value is -2.89. The van der Waals surface area contributed by atoms with Crippen LogP contribution in [0.4, 0.5) is 5.69 Å². The zero-order valence-electron chi connectivity index (χ0n) is 14.2. The Labute approximate surface area is 146 Å². The van der Waals surface area contributed by atoms with Gasteiger partial charge in [-0.25, -0.2) is 4.79 Å². The Bertz CT molecular complexity index is 709. The third kappa shape index (κ3) is 4.56. The summed E-state index contributed by atoms with van der Waals surface area (Å²) >= 11 is 0. The number of carboxylic acid groups (broad SMARTS) is 1. The van der Waals surface area contributed by atoms with Gasteiger partial charge in [-0.1, -0.05) is 18.2 Å². The molecule has 0 spiro atoms. The van der Waals surface area contributed by atoms with Crippen molar-refractivity contribution in [3.8, 4) is 0 Å². The summed E-state index contributed by atoms with van der Waals surface area (Å²) in [5.41, 5.74) is 0.532. The lowest BCUT2D eigenvalue weighted by molar-refractivity contribution is -0.135. The van der Waals surface area contributed by atoms with Gasteiger partial charge in [-0.2, -0.15) is 0 Å². The molecule has 1 aliphatic rings. The molecule has 1 fully saturated rings. The van der Waals surface area contributed by atoms with Crippen molar-refractivity contribution in [3.05, 3.63) is 48.6 Å². The maximum atomic E-state index is 12.8. The van der Waals surface area contributed by atoms with Gasteiger partial charge in [0.2, 0.25) is 11.8 Å². The average molecular weight is 342 g/mol. The molecule has 25 heavy (non-hydrogen) atoms. The largest absolute Gasteiger partial charge is 0.478 e. The molecule has 1 heterocycles. The highest BCUT2D eigenvalue weighted by Gasteiger charge is 2.40. The highest BCUT2D eigenvalue weighted by Crippen LogP contribution is 2.33. The Balaban J connectivity index is 2.10. The van der Waals surface area contributed by atoms with Crippen LogP contribution >= 0.6 is 0 Å². The summed E-state index contributed by atoms with van der Waals surface area (Å²) in [4.78, 5) is 36.6. The third-order valence-corrected chi connectivity index (χ3v) is 4.40. The smallest absolute Gasteiger partial charge is 0.328 e. The molecular formula is C19H22N2O4. The molecule has 0 saturated carbocycles. The highest BCUT2D eigenvalue weighted by atomic mass is 16.4. The lowest BCUT2D eigenvalue weighted by Gasteiger charge is -2.39. The van der Waals surface area contributed by atoms with Gasteiger partial charge in [0.1, 0.15) is 0 Å². The number of hydrogen-bond donors (Lipinski definition) is 2. The van der Waals surface area contributed by atoms with Crippen LogP contribution in [0.25, 0.3) is 6.08 Å². The molecule has 2 N–H and O–H groups in total. The molecule has 1 unspecified atom stereocenters. The number of nitrogens with one attached hydrogen (secondary N) is 1. The first-order valence-electron chi connectivity index (χ1n) is 8.08. The van der Waals surface area contributed by atoms with Gasteiger partial charge in [0.05, 0.1) is 5.41 Å². The molecule has 2 rings (SSSR count). The van der Waals surface area contributed by atoms with Gasteiger partial charge >= 0.3 is 5.97 Å². The van der Waals surface area contributed by atoms with Gasteiger partial charge in [0.25, 0.3) is 0 Å². The molecule has 132 valence electrons. The van der Waals surface area contributed by atoms with E-state index in [1.807, 2.05) is 0 Å². The number of likely N-dealkylation sites (tertiary alicyclic amines) is 1. The molecule has 1 saturated heterocycles. The van der Waals surface area contributed by atoms with E-state index in [4.69, 9.17) is 5.11 Å². The molecular weight excluding hydrogens is 320 g/mol. The van der Waals surface area contributed by atoms with E-state index in [-0.39, 0.29) is 11.8 Å². The monoisotopic (exact) mass is 342 g/mol. The molecule has 1 atom stereocenters. The van der Waals surface area contributed by atoms with E-state index in [9.17, 15) is 14.4 Å². The summed E-state index contributed by atoms with van der Waals surface area (Å²) in [5, 5.41) is 11.5. The molecule has 1 aliphatic heterocycles. The third-order valence-electron chi connectivity index (χ3n) is 4.40. The van der Waals surface area contributed by atoms with Crippen LogP contribution in [0.1, 0.15) is 25.3 Å². The van der Waals surface area contributed by atoms with E-state index < -0.39 is 11.4 Å². The minimum Gasteiger partial charge on any atom is -0.478 e. The number of anilines is 1. The van der Waals surface area contributed by atoms with E-state index in [0.717, 1.165) is 18.1 Å². The Morgan fingerprint density at radius 1 is 1.28 bits per heavy atom. The van der Waals surface area contributed by atoms with Crippen LogP contribution in [0.2, 0.25) is 0 Å². The molecule has 6 heteroatoms. The summed E-state index contributed by atoms with van der Waals surface area (Å²) in [6.07, 6.45) is 5.55. The molecule has 0 radical (unpaired) electrons. The number of benzene rings is 1. The standard InChI is InChI=1S/C19H22N2O4/c1-3-19(11-4-12-21(13-19)14(2)22)18(25)20-16-8-5-15(6-9-16)7-10-17(23)24/h3,5-10H,1,4,11-13H2,2H3,(H,20,25)(H,23,24)/b10-7+. The molecule has 2 amide bonds. The average Bonchev–Trinajstić information content (AvgIpc) is 2.61. The van der Waals surface area contributed by atoms with E-state index >= 15 is 0 Å². The van der Waals surface area contributed by atoms with Crippen molar-refractivity contribution in [3.63, 3.8) is 0 Å². The number of carbonyl (C=O) groups is 3. The molecule has 0 aromatic heterocycles. The van der Waals surface area contributed by atoms with Gasteiger partial charge in [-0.3, -0.25) is 9.59 Å². The van der Waals surface area contributed by atoms with Gasteiger partial charge < -0.3 is 15.3 Å². The van der Waals surface area contributed by atoms with E-state index in [2.05, 4.69) is 11.9 Å². The first-order chi connectivity index (χ1) is 11.9. The van der Waals surface area contributed by atoms with E-state index in [1.165, 1.54) is 13.0 Å². The number of aliphatic carboxylic acids is 1.